The summed E-state index contributed by atoms with van der Waals surface area (Å²) in [6.07, 6.45) is 4.49. The first kappa shape index (κ1) is 15.2. The van der Waals surface area contributed by atoms with E-state index in [0.717, 1.165) is 34.1 Å². The van der Waals surface area contributed by atoms with E-state index in [4.69, 9.17) is 5.11 Å². The summed E-state index contributed by atoms with van der Waals surface area (Å²) in [5, 5.41) is 10.3. The van der Waals surface area contributed by atoms with E-state index in [1.165, 1.54) is 0 Å². The van der Waals surface area contributed by atoms with Crippen LogP contribution in [-0.4, -0.2) is 16.1 Å². The molecule has 0 amide bonds. The molecule has 110 valence electrons. The van der Waals surface area contributed by atoms with Crippen molar-refractivity contribution in [3.05, 3.63) is 47.2 Å². The van der Waals surface area contributed by atoms with E-state index in [9.17, 15) is 4.79 Å². The van der Waals surface area contributed by atoms with Crippen molar-refractivity contribution < 1.29 is 9.90 Å². The maximum atomic E-state index is 11.1. The summed E-state index contributed by atoms with van der Waals surface area (Å²) in [6.45, 7) is 7.51. The van der Waals surface area contributed by atoms with Crippen molar-refractivity contribution in [2.45, 2.75) is 34.1 Å². The normalized spacial score (nSPS) is 12.2. The van der Waals surface area contributed by atoms with Crippen LogP contribution in [0.25, 0.3) is 17.0 Å². The molecule has 1 aromatic heterocycles. The lowest BCUT2D eigenvalue weighted by Gasteiger charge is -2.13. The molecule has 3 nitrogen and oxygen atoms in total. The van der Waals surface area contributed by atoms with Crippen LogP contribution in [0.2, 0.25) is 0 Å². The molecule has 0 aliphatic rings. The van der Waals surface area contributed by atoms with Crippen LogP contribution in [0.15, 0.2) is 30.3 Å². The minimum absolute atomic E-state index is 0.831. The van der Waals surface area contributed by atoms with Crippen LogP contribution >= 0.6 is 0 Å². The number of aliphatic carboxylic acids is 1. The van der Waals surface area contributed by atoms with E-state index in [1.807, 2.05) is 12.1 Å². The van der Waals surface area contributed by atoms with Crippen molar-refractivity contribution >= 4 is 22.9 Å². The molecule has 0 atom stereocenters. The summed E-state index contributed by atoms with van der Waals surface area (Å²) in [5.41, 5.74) is 3.28. The Kier molecular flexibility index (Phi) is 4.12. The zero-order valence-corrected chi connectivity index (χ0v) is 13.0. The number of rotatable bonds is 4. The third-order valence-corrected chi connectivity index (χ3v) is 3.70. The predicted octanol–water partition coefficient (Wildman–Crippen LogP) is 4.23. The van der Waals surface area contributed by atoms with Gasteiger partial charge in [-0.05, 0) is 50.5 Å². The van der Waals surface area contributed by atoms with Gasteiger partial charge < -0.3 is 5.11 Å². The van der Waals surface area contributed by atoms with Crippen LogP contribution in [0, 0.1) is 12.3 Å². The molecular weight excluding hydrogens is 262 g/mol. The number of benzene rings is 1. The lowest BCUT2D eigenvalue weighted by atomic mass is 9.92. The average molecular weight is 283 g/mol. The molecule has 0 bridgehead atoms. The molecule has 2 rings (SSSR count). The van der Waals surface area contributed by atoms with Gasteiger partial charge in [0.1, 0.15) is 0 Å². The Morgan fingerprint density at radius 2 is 2.05 bits per heavy atom. The fourth-order valence-corrected chi connectivity index (χ4v) is 2.16. The molecule has 0 fully saturated rings. The molecule has 2 aromatic rings. The SMILES string of the molecule is CCc1ccc2c(C)cc(/C=C/C(C)(C)C(=O)O)cc2n1. The van der Waals surface area contributed by atoms with Gasteiger partial charge in [-0.2, -0.15) is 0 Å². The Labute approximate surface area is 125 Å². The van der Waals surface area contributed by atoms with E-state index in [-0.39, 0.29) is 0 Å². The second kappa shape index (κ2) is 5.68. The maximum absolute atomic E-state index is 11.1. The van der Waals surface area contributed by atoms with E-state index in [2.05, 4.69) is 37.0 Å². The Hall–Kier alpha value is -2.16. The highest BCUT2D eigenvalue weighted by Gasteiger charge is 2.23. The van der Waals surface area contributed by atoms with Crippen LogP contribution in [0.5, 0.6) is 0 Å². The molecular formula is C18H21NO2. The zero-order chi connectivity index (χ0) is 15.6. The van der Waals surface area contributed by atoms with Crippen LogP contribution in [0.4, 0.5) is 0 Å². The summed E-state index contributed by atoms with van der Waals surface area (Å²) in [7, 11) is 0. The van der Waals surface area contributed by atoms with Gasteiger partial charge in [-0.1, -0.05) is 31.2 Å². The fraction of sp³-hybridized carbons (Fsp3) is 0.333. The topological polar surface area (TPSA) is 50.2 Å². The molecule has 1 aromatic carbocycles. The van der Waals surface area contributed by atoms with Gasteiger partial charge in [0.2, 0.25) is 0 Å². The molecule has 0 radical (unpaired) electrons. The van der Waals surface area contributed by atoms with E-state index >= 15 is 0 Å². The molecule has 1 N–H and O–H groups in total. The molecule has 0 aliphatic heterocycles. The molecule has 0 aliphatic carbocycles. The third kappa shape index (κ3) is 3.30. The number of pyridine rings is 1. The van der Waals surface area contributed by atoms with Crippen molar-refractivity contribution in [2.24, 2.45) is 5.41 Å². The Morgan fingerprint density at radius 3 is 2.67 bits per heavy atom. The van der Waals surface area contributed by atoms with E-state index in [0.29, 0.717) is 0 Å². The summed E-state index contributed by atoms with van der Waals surface area (Å²) in [6, 6.07) is 8.23. The van der Waals surface area contributed by atoms with Gasteiger partial charge in [-0.25, -0.2) is 0 Å². The number of hydrogen-bond donors (Lipinski definition) is 1. The number of carboxylic acids is 1. The van der Waals surface area contributed by atoms with Gasteiger partial charge >= 0.3 is 5.97 Å². The molecule has 0 spiro atoms. The van der Waals surface area contributed by atoms with Gasteiger partial charge in [0.25, 0.3) is 0 Å². The standard InChI is InChI=1S/C18H21NO2/c1-5-14-6-7-15-12(2)10-13(11-16(15)19-14)8-9-18(3,4)17(20)21/h6-11H,5H2,1-4H3,(H,20,21)/b9-8+. The summed E-state index contributed by atoms with van der Waals surface area (Å²) in [5.74, 6) is -0.831. The van der Waals surface area contributed by atoms with Gasteiger partial charge in [-0.3, -0.25) is 9.78 Å². The second-order valence-corrected chi connectivity index (χ2v) is 5.92. The van der Waals surface area contributed by atoms with E-state index in [1.54, 1.807) is 19.9 Å². The first-order valence-corrected chi connectivity index (χ1v) is 7.16. The van der Waals surface area contributed by atoms with Gasteiger partial charge in [0.05, 0.1) is 10.9 Å². The lowest BCUT2D eigenvalue weighted by molar-refractivity contribution is -0.144. The van der Waals surface area contributed by atoms with Crippen molar-refractivity contribution in [1.29, 1.82) is 0 Å². The van der Waals surface area contributed by atoms with Crippen LogP contribution in [0.1, 0.15) is 37.6 Å². The molecule has 3 heteroatoms. The number of carboxylic acid groups (broad SMARTS) is 1. The number of aromatic nitrogens is 1. The maximum Gasteiger partial charge on any atom is 0.312 e. The van der Waals surface area contributed by atoms with Crippen LogP contribution < -0.4 is 0 Å². The lowest BCUT2D eigenvalue weighted by Crippen LogP contribution is -2.20. The zero-order valence-electron chi connectivity index (χ0n) is 13.0. The van der Waals surface area contributed by atoms with Crippen molar-refractivity contribution in [2.75, 3.05) is 0 Å². The first-order valence-electron chi connectivity index (χ1n) is 7.16. The molecule has 0 saturated carbocycles. The van der Waals surface area contributed by atoms with E-state index < -0.39 is 11.4 Å². The largest absolute Gasteiger partial charge is 0.481 e. The summed E-state index contributed by atoms with van der Waals surface area (Å²) < 4.78 is 0. The Morgan fingerprint density at radius 1 is 1.33 bits per heavy atom. The number of nitrogens with zero attached hydrogens (tertiary/aromatic N) is 1. The monoisotopic (exact) mass is 283 g/mol. The van der Waals surface area contributed by atoms with Crippen molar-refractivity contribution in [1.82, 2.24) is 4.98 Å². The highest BCUT2D eigenvalue weighted by molar-refractivity contribution is 5.85. The van der Waals surface area contributed by atoms with Gasteiger partial charge in [-0.15, -0.1) is 0 Å². The average Bonchev–Trinajstić information content (AvgIpc) is 2.44. The summed E-state index contributed by atoms with van der Waals surface area (Å²) in [4.78, 5) is 15.8. The third-order valence-electron chi connectivity index (χ3n) is 3.70. The molecule has 21 heavy (non-hydrogen) atoms. The number of carbonyl (C=O) groups is 1. The quantitative estimate of drug-likeness (QED) is 0.913. The fourth-order valence-electron chi connectivity index (χ4n) is 2.16. The first-order chi connectivity index (χ1) is 9.83. The summed E-state index contributed by atoms with van der Waals surface area (Å²) >= 11 is 0. The van der Waals surface area contributed by atoms with Crippen LogP contribution in [-0.2, 0) is 11.2 Å². The highest BCUT2D eigenvalue weighted by Crippen LogP contribution is 2.23. The van der Waals surface area contributed by atoms with Crippen LogP contribution in [0.3, 0.4) is 0 Å². The molecule has 0 unspecified atom stereocenters. The van der Waals surface area contributed by atoms with Crippen molar-refractivity contribution in [3.63, 3.8) is 0 Å². The number of hydrogen-bond acceptors (Lipinski definition) is 2. The minimum Gasteiger partial charge on any atom is -0.481 e. The molecule has 0 saturated heterocycles. The number of fused-ring (bicyclic) bond motifs is 1. The van der Waals surface area contributed by atoms with Gasteiger partial charge in [0, 0.05) is 11.1 Å². The Balaban J connectivity index is 2.46. The Bertz CT molecular complexity index is 714. The smallest absolute Gasteiger partial charge is 0.312 e. The minimum atomic E-state index is -0.873. The molecule has 1 heterocycles. The predicted molar refractivity (Wildman–Crippen MR) is 86.3 cm³/mol. The number of aryl methyl sites for hydroxylation is 2. The second-order valence-electron chi connectivity index (χ2n) is 5.92. The van der Waals surface area contributed by atoms with Gasteiger partial charge in [0.15, 0.2) is 0 Å². The van der Waals surface area contributed by atoms with Crippen molar-refractivity contribution in [3.8, 4) is 0 Å². The highest BCUT2D eigenvalue weighted by atomic mass is 16.4.